The second kappa shape index (κ2) is 4.93. The van der Waals surface area contributed by atoms with Crippen LogP contribution in [0.1, 0.15) is 12.8 Å². The van der Waals surface area contributed by atoms with Gasteiger partial charge >= 0.3 is 6.03 Å². The lowest BCUT2D eigenvalue weighted by molar-refractivity contribution is -0.138. The second-order valence-electron chi connectivity index (χ2n) is 4.75. The van der Waals surface area contributed by atoms with Crippen LogP contribution >= 0.6 is 0 Å². The Hall–Kier alpha value is -1.63. The lowest BCUT2D eigenvalue weighted by Gasteiger charge is -2.31. The topological polar surface area (TPSA) is 81.2 Å². The Morgan fingerprint density at radius 3 is 2.72 bits per heavy atom. The molecular formula is C11H17N3O4. The van der Waals surface area contributed by atoms with E-state index in [1.54, 1.807) is 0 Å². The molecule has 7 heteroatoms. The molecule has 2 aliphatic rings. The third-order valence-electron chi connectivity index (χ3n) is 3.27. The predicted octanol–water partition coefficient (Wildman–Crippen LogP) is -1.14. The molecule has 0 unspecified atom stereocenters. The van der Waals surface area contributed by atoms with E-state index in [0.29, 0.717) is 13.0 Å². The minimum absolute atomic E-state index is 0.0226. The fourth-order valence-electron chi connectivity index (χ4n) is 2.24. The van der Waals surface area contributed by atoms with Gasteiger partial charge in [-0.3, -0.25) is 14.5 Å². The quantitative estimate of drug-likeness (QED) is 0.633. The number of carbonyl (C=O) groups is 3. The number of nitrogens with zero attached hydrogens (tertiary/aromatic N) is 3. The molecule has 0 aliphatic carbocycles. The van der Waals surface area contributed by atoms with Crippen molar-refractivity contribution in [2.75, 3.05) is 33.2 Å². The summed E-state index contributed by atoms with van der Waals surface area (Å²) in [5, 5.41) is 9.49. The van der Waals surface area contributed by atoms with Crippen LogP contribution in [0.2, 0.25) is 0 Å². The van der Waals surface area contributed by atoms with E-state index in [4.69, 9.17) is 0 Å². The molecule has 2 saturated heterocycles. The van der Waals surface area contributed by atoms with Crippen LogP contribution in [0.4, 0.5) is 4.79 Å². The van der Waals surface area contributed by atoms with Crippen LogP contribution in [0.5, 0.6) is 0 Å². The Balaban J connectivity index is 1.95. The number of rotatable bonds is 2. The molecule has 100 valence electrons. The zero-order valence-corrected chi connectivity index (χ0v) is 10.3. The summed E-state index contributed by atoms with van der Waals surface area (Å²) < 4.78 is 0. The molecule has 2 fully saturated rings. The zero-order chi connectivity index (χ0) is 13.3. The van der Waals surface area contributed by atoms with Crippen LogP contribution in [0.25, 0.3) is 0 Å². The molecule has 2 rings (SSSR count). The third kappa shape index (κ3) is 2.45. The van der Waals surface area contributed by atoms with Crippen molar-refractivity contribution in [2.24, 2.45) is 0 Å². The van der Waals surface area contributed by atoms with E-state index in [-0.39, 0.29) is 31.4 Å². The monoisotopic (exact) mass is 255 g/mol. The van der Waals surface area contributed by atoms with Crippen molar-refractivity contribution in [3.63, 3.8) is 0 Å². The number of likely N-dealkylation sites (tertiary alicyclic amines) is 1. The van der Waals surface area contributed by atoms with Crippen molar-refractivity contribution >= 4 is 17.8 Å². The number of imide groups is 1. The summed E-state index contributed by atoms with van der Waals surface area (Å²) in [6, 6.07) is -0.439. The van der Waals surface area contributed by atoms with E-state index in [1.807, 2.05) is 0 Å². The molecule has 0 radical (unpaired) electrons. The number of aliphatic hydroxyl groups is 1. The number of β-amino-alcohol motifs (C(OH)–C–C–N with tert-alkyl or cyclic N) is 1. The third-order valence-corrected chi connectivity index (χ3v) is 3.27. The number of likely N-dealkylation sites (N-methyl/N-ethyl adjacent to an activating group) is 1. The lowest BCUT2D eigenvalue weighted by Crippen LogP contribution is -2.48. The Bertz CT molecular complexity index is 384. The Morgan fingerprint density at radius 1 is 1.44 bits per heavy atom. The maximum absolute atomic E-state index is 11.9. The first-order valence-corrected chi connectivity index (χ1v) is 6.00. The van der Waals surface area contributed by atoms with Crippen molar-refractivity contribution < 1.29 is 19.5 Å². The summed E-state index contributed by atoms with van der Waals surface area (Å²) in [7, 11) is 1.52. The number of carbonyl (C=O) groups excluding carboxylic acids is 3. The summed E-state index contributed by atoms with van der Waals surface area (Å²) in [4.78, 5) is 38.8. The molecule has 0 aromatic rings. The molecule has 1 N–H and O–H groups in total. The molecule has 2 heterocycles. The minimum Gasteiger partial charge on any atom is -0.391 e. The van der Waals surface area contributed by atoms with Gasteiger partial charge in [0.15, 0.2) is 0 Å². The number of piperidine rings is 1. The molecule has 7 nitrogen and oxygen atoms in total. The van der Waals surface area contributed by atoms with Crippen molar-refractivity contribution in [2.45, 2.75) is 18.9 Å². The number of aliphatic hydroxyl groups excluding tert-OH is 1. The van der Waals surface area contributed by atoms with Crippen LogP contribution in [-0.2, 0) is 9.59 Å². The molecule has 2 aliphatic heterocycles. The fourth-order valence-corrected chi connectivity index (χ4v) is 2.24. The van der Waals surface area contributed by atoms with E-state index in [9.17, 15) is 19.5 Å². The Labute approximate surface area is 105 Å². The van der Waals surface area contributed by atoms with Gasteiger partial charge in [-0.05, 0) is 12.8 Å². The number of hydrogen-bond acceptors (Lipinski definition) is 4. The first-order chi connectivity index (χ1) is 8.49. The number of urea groups is 1. The molecule has 18 heavy (non-hydrogen) atoms. The van der Waals surface area contributed by atoms with E-state index in [1.165, 1.54) is 16.8 Å². The smallest absolute Gasteiger partial charge is 0.327 e. The van der Waals surface area contributed by atoms with Crippen LogP contribution in [0.3, 0.4) is 0 Å². The van der Waals surface area contributed by atoms with E-state index in [2.05, 4.69) is 0 Å². The second-order valence-corrected chi connectivity index (χ2v) is 4.75. The van der Waals surface area contributed by atoms with E-state index < -0.39 is 12.1 Å². The minimum atomic E-state index is -0.504. The normalized spacial score (nSPS) is 25.0. The van der Waals surface area contributed by atoms with Gasteiger partial charge in [0.2, 0.25) is 5.91 Å². The van der Waals surface area contributed by atoms with Crippen molar-refractivity contribution in [1.29, 1.82) is 0 Å². The van der Waals surface area contributed by atoms with Crippen LogP contribution in [0, 0.1) is 0 Å². The van der Waals surface area contributed by atoms with E-state index in [0.717, 1.165) is 11.3 Å². The van der Waals surface area contributed by atoms with Gasteiger partial charge in [-0.25, -0.2) is 4.79 Å². The SMILES string of the molecule is CN1CC(=O)N(CC(=O)N2CCC[C@H](O)C2)C1=O. The summed E-state index contributed by atoms with van der Waals surface area (Å²) >= 11 is 0. The first kappa shape index (κ1) is 12.8. The van der Waals surface area contributed by atoms with Gasteiger partial charge < -0.3 is 14.9 Å². The standard InChI is InChI=1S/C11H17N3O4/c1-12-6-10(17)14(11(12)18)7-9(16)13-4-2-3-8(15)5-13/h8,15H,2-7H2,1H3/t8-/m0/s1. The molecular weight excluding hydrogens is 238 g/mol. The highest BCUT2D eigenvalue weighted by atomic mass is 16.3. The largest absolute Gasteiger partial charge is 0.391 e. The fraction of sp³-hybridized carbons (Fsp3) is 0.727. The van der Waals surface area contributed by atoms with Gasteiger partial charge in [0.25, 0.3) is 5.91 Å². The van der Waals surface area contributed by atoms with Gasteiger partial charge in [-0.15, -0.1) is 0 Å². The summed E-state index contributed by atoms with van der Waals surface area (Å²) in [6.07, 6.45) is 0.929. The highest BCUT2D eigenvalue weighted by Gasteiger charge is 2.36. The highest BCUT2D eigenvalue weighted by molar-refractivity contribution is 6.04. The van der Waals surface area contributed by atoms with E-state index >= 15 is 0 Å². The van der Waals surface area contributed by atoms with Crippen LogP contribution in [-0.4, -0.2) is 77.0 Å². The number of hydrogen-bond donors (Lipinski definition) is 1. The predicted molar refractivity (Wildman–Crippen MR) is 61.6 cm³/mol. The molecule has 0 spiro atoms. The zero-order valence-electron chi connectivity index (χ0n) is 10.3. The molecule has 4 amide bonds. The van der Waals surface area contributed by atoms with Gasteiger partial charge in [-0.1, -0.05) is 0 Å². The van der Waals surface area contributed by atoms with Gasteiger partial charge in [0.1, 0.15) is 13.1 Å². The van der Waals surface area contributed by atoms with Crippen molar-refractivity contribution in [3.05, 3.63) is 0 Å². The van der Waals surface area contributed by atoms with Crippen molar-refractivity contribution in [3.8, 4) is 0 Å². The average molecular weight is 255 g/mol. The molecule has 0 aromatic heterocycles. The summed E-state index contributed by atoms with van der Waals surface area (Å²) in [5.41, 5.74) is 0. The van der Waals surface area contributed by atoms with Gasteiger partial charge in [0.05, 0.1) is 6.10 Å². The molecule has 0 aromatic carbocycles. The van der Waals surface area contributed by atoms with Gasteiger partial charge in [0, 0.05) is 20.1 Å². The molecule has 1 atom stereocenters. The number of amides is 4. The van der Waals surface area contributed by atoms with Crippen molar-refractivity contribution in [1.82, 2.24) is 14.7 Å². The maximum atomic E-state index is 11.9. The lowest BCUT2D eigenvalue weighted by atomic mass is 10.1. The first-order valence-electron chi connectivity index (χ1n) is 6.00. The van der Waals surface area contributed by atoms with Crippen LogP contribution in [0.15, 0.2) is 0 Å². The molecule has 0 saturated carbocycles. The summed E-state index contributed by atoms with van der Waals surface area (Å²) in [5.74, 6) is -0.640. The Kier molecular flexibility index (Phi) is 3.51. The highest BCUT2D eigenvalue weighted by Crippen LogP contribution is 2.12. The molecule has 0 bridgehead atoms. The van der Waals surface area contributed by atoms with Gasteiger partial charge in [-0.2, -0.15) is 0 Å². The summed E-state index contributed by atoms with van der Waals surface area (Å²) in [6.45, 7) is 0.649. The Morgan fingerprint density at radius 2 is 2.17 bits per heavy atom. The maximum Gasteiger partial charge on any atom is 0.327 e. The van der Waals surface area contributed by atoms with Crippen LogP contribution < -0.4 is 0 Å². The average Bonchev–Trinajstić information content (AvgIpc) is 2.56.